The topological polar surface area (TPSA) is 56.8 Å². The van der Waals surface area contributed by atoms with Gasteiger partial charge in [0, 0.05) is 13.2 Å². The molecule has 0 radical (unpaired) electrons. The molecule has 0 unspecified atom stereocenters. The number of hydrogen-bond acceptors (Lipinski definition) is 4. The van der Waals surface area contributed by atoms with Crippen molar-refractivity contribution in [1.29, 1.82) is 0 Å². The van der Waals surface area contributed by atoms with E-state index >= 15 is 0 Å². The van der Waals surface area contributed by atoms with Crippen LogP contribution in [0.4, 0.5) is 0 Å². The fraction of sp³-hybridized carbons (Fsp3) is 0.611. The molecule has 1 atom stereocenters. The lowest BCUT2D eigenvalue weighted by Gasteiger charge is -2.22. The van der Waals surface area contributed by atoms with Gasteiger partial charge < -0.3 is 19.5 Å². The van der Waals surface area contributed by atoms with Crippen molar-refractivity contribution >= 4 is 5.91 Å². The predicted octanol–water partition coefficient (Wildman–Crippen LogP) is 2.21. The summed E-state index contributed by atoms with van der Waals surface area (Å²) >= 11 is 0. The smallest absolute Gasteiger partial charge is 0.246 e. The predicted molar refractivity (Wildman–Crippen MR) is 86.5 cm³/mol. The number of carbonyl (C=O) groups excluding carboxylic acids is 1. The number of nitrogens with one attached hydrogen (secondary N) is 1. The van der Waals surface area contributed by atoms with E-state index in [9.17, 15) is 4.79 Å². The largest absolute Gasteiger partial charge is 0.493 e. The molecule has 5 nitrogen and oxygen atoms in total. The second-order valence-electron chi connectivity index (χ2n) is 6.17. The van der Waals surface area contributed by atoms with Crippen molar-refractivity contribution in [3.8, 4) is 5.75 Å². The van der Waals surface area contributed by atoms with Gasteiger partial charge in [0.05, 0.1) is 19.3 Å². The molecule has 0 aliphatic carbocycles. The molecule has 1 amide bonds. The molecule has 126 valence electrons. The Hall–Kier alpha value is -1.59. The van der Waals surface area contributed by atoms with Crippen molar-refractivity contribution in [3.63, 3.8) is 0 Å². The number of fused-ring (bicyclic) bond motifs is 1. The van der Waals surface area contributed by atoms with E-state index in [1.807, 2.05) is 12.1 Å². The molecule has 0 aromatic heterocycles. The first-order chi connectivity index (χ1) is 11.3. The zero-order valence-corrected chi connectivity index (χ0v) is 13.5. The SMILES string of the molecule is O=C(COC[C@@H]1CCCCO1)NCc1ccc2c(c1)CCCO2. The van der Waals surface area contributed by atoms with E-state index in [4.69, 9.17) is 14.2 Å². The summed E-state index contributed by atoms with van der Waals surface area (Å²) in [5.74, 6) is 0.886. The van der Waals surface area contributed by atoms with Gasteiger partial charge in [0.15, 0.2) is 0 Å². The third-order valence-corrected chi connectivity index (χ3v) is 4.27. The Morgan fingerprint density at radius 3 is 3.09 bits per heavy atom. The van der Waals surface area contributed by atoms with E-state index < -0.39 is 0 Å². The highest BCUT2D eigenvalue weighted by Gasteiger charge is 2.14. The maximum Gasteiger partial charge on any atom is 0.246 e. The summed E-state index contributed by atoms with van der Waals surface area (Å²) in [6.45, 7) is 2.72. The van der Waals surface area contributed by atoms with Crippen molar-refractivity contribution in [2.75, 3.05) is 26.4 Å². The standard InChI is InChI=1S/C18H25NO4/c20-18(13-21-12-16-5-1-2-8-22-16)19-11-14-6-7-17-15(10-14)4-3-9-23-17/h6-7,10,16H,1-5,8-9,11-13H2,(H,19,20)/t16-/m0/s1. The first-order valence-corrected chi connectivity index (χ1v) is 8.52. The number of benzene rings is 1. The highest BCUT2D eigenvalue weighted by Crippen LogP contribution is 2.25. The summed E-state index contributed by atoms with van der Waals surface area (Å²) in [7, 11) is 0. The molecule has 0 bridgehead atoms. The summed E-state index contributed by atoms with van der Waals surface area (Å²) in [6, 6.07) is 6.11. The molecule has 1 N–H and O–H groups in total. The fourth-order valence-corrected chi connectivity index (χ4v) is 3.00. The normalized spacial score (nSPS) is 20.4. The lowest BCUT2D eigenvalue weighted by atomic mass is 10.0. The second-order valence-corrected chi connectivity index (χ2v) is 6.17. The highest BCUT2D eigenvalue weighted by atomic mass is 16.5. The van der Waals surface area contributed by atoms with E-state index in [1.165, 1.54) is 12.0 Å². The number of hydrogen-bond donors (Lipinski definition) is 1. The van der Waals surface area contributed by atoms with Crippen LogP contribution < -0.4 is 10.1 Å². The van der Waals surface area contributed by atoms with Gasteiger partial charge in [-0.05, 0) is 49.3 Å². The lowest BCUT2D eigenvalue weighted by Crippen LogP contribution is -2.30. The van der Waals surface area contributed by atoms with Crippen LogP contribution in [0.5, 0.6) is 5.75 Å². The molecular weight excluding hydrogens is 294 g/mol. The Morgan fingerprint density at radius 1 is 1.26 bits per heavy atom. The Bertz CT molecular complexity index is 526. The van der Waals surface area contributed by atoms with Crippen LogP contribution in [-0.4, -0.2) is 38.4 Å². The van der Waals surface area contributed by atoms with Gasteiger partial charge in [-0.1, -0.05) is 12.1 Å². The Morgan fingerprint density at radius 2 is 2.22 bits per heavy atom. The monoisotopic (exact) mass is 319 g/mol. The zero-order valence-electron chi connectivity index (χ0n) is 13.5. The van der Waals surface area contributed by atoms with E-state index in [0.29, 0.717) is 13.2 Å². The van der Waals surface area contributed by atoms with Gasteiger partial charge in [0.2, 0.25) is 5.91 Å². The molecule has 2 aliphatic rings. The van der Waals surface area contributed by atoms with E-state index in [2.05, 4.69) is 11.4 Å². The molecule has 1 saturated heterocycles. The van der Waals surface area contributed by atoms with Gasteiger partial charge >= 0.3 is 0 Å². The Labute approximate surface area is 137 Å². The van der Waals surface area contributed by atoms with Gasteiger partial charge in [0.25, 0.3) is 0 Å². The Balaban J connectivity index is 1.37. The van der Waals surface area contributed by atoms with Crippen LogP contribution >= 0.6 is 0 Å². The first kappa shape index (κ1) is 16.3. The third-order valence-electron chi connectivity index (χ3n) is 4.27. The maximum atomic E-state index is 11.8. The van der Waals surface area contributed by atoms with E-state index in [0.717, 1.165) is 50.2 Å². The number of amides is 1. The number of rotatable bonds is 6. The maximum absolute atomic E-state index is 11.8. The van der Waals surface area contributed by atoms with Crippen LogP contribution in [0.1, 0.15) is 36.8 Å². The second kappa shape index (κ2) is 8.31. The van der Waals surface area contributed by atoms with Crippen molar-refractivity contribution in [1.82, 2.24) is 5.32 Å². The minimum Gasteiger partial charge on any atom is -0.493 e. The van der Waals surface area contributed by atoms with Crippen LogP contribution in [0, 0.1) is 0 Å². The van der Waals surface area contributed by atoms with Gasteiger partial charge in [-0.3, -0.25) is 4.79 Å². The summed E-state index contributed by atoms with van der Waals surface area (Å²) in [5.41, 5.74) is 2.33. The van der Waals surface area contributed by atoms with Crippen LogP contribution in [-0.2, 0) is 27.2 Å². The minimum atomic E-state index is -0.0882. The van der Waals surface area contributed by atoms with Crippen molar-refractivity contribution in [2.24, 2.45) is 0 Å². The quantitative estimate of drug-likeness (QED) is 0.873. The molecule has 0 saturated carbocycles. The minimum absolute atomic E-state index is 0.0882. The number of carbonyl (C=O) groups is 1. The molecule has 1 fully saturated rings. The van der Waals surface area contributed by atoms with Crippen LogP contribution in [0.25, 0.3) is 0 Å². The van der Waals surface area contributed by atoms with Crippen molar-refractivity contribution in [2.45, 2.75) is 44.8 Å². The number of aryl methyl sites for hydroxylation is 1. The third kappa shape index (κ3) is 4.94. The van der Waals surface area contributed by atoms with Crippen LogP contribution in [0.3, 0.4) is 0 Å². The fourth-order valence-electron chi connectivity index (χ4n) is 3.00. The molecule has 2 heterocycles. The van der Waals surface area contributed by atoms with Gasteiger partial charge in [-0.25, -0.2) is 0 Å². The van der Waals surface area contributed by atoms with Crippen LogP contribution in [0.15, 0.2) is 18.2 Å². The summed E-state index contributed by atoms with van der Waals surface area (Å²) in [4.78, 5) is 11.8. The number of ether oxygens (including phenoxy) is 3. The Kier molecular flexibility index (Phi) is 5.88. The molecule has 0 spiro atoms. The lowest BCUT2D eigenvalue weighted by molar-refractivity contribution is -0.128. The molecule has 23 heavy (non-hydrogen) atoms. The van der Waals surface area contributed by atoms with Crippen LogP contribution in [0.2, 0.25) is 0 Å². The first-order valence-electron chi connectivity index (χ1n) is 8.52. The van der Waals surface area contributed by atoms with Crippen molar-refractivity contribution in [3.05, 3.63) is 29.3 Å². The van der Waals surface area contributed by atoms with Gasteiger partial charge in [0.1, 0.15) is 12.4 Å². The summed E-state index contributed by atoms with van der Waals surface area (Å²) < 4.78 is 16.6. The van der Waals surface area contributed by atoms with Gasteiger partial charge in [-0.15, -0.1) is 0 Å². The summed E-state index contributed by atoms with van der Waals surface area (Å²) in [6.07, 6.45) is 5.59. The molecule has 2 aliphatic heterocycles. The van der Waals surface area contributed by atoms with E-state index in [1.54, 1.807) is 0 Å². The molecule has 5 heteroatoms. The zero-order chi connectivity index (χ0) is 15.9. The average molecular weight is 319 g/mol. The molecule has 1 aromatic rings. The van der Waals surface area contributed by atoms with Gasteiger partial charge in [-0.2, -0.15) is 0 Å². The van der Waals surface area contributed by atoms with Crippen molar-refractivity contribution < 1.29 is 19.0 Å². The van der Waals surface area contributed by atoms with E-state index in [-0.39, 0.29) is 18.6 Å². The molecule has 1 aromatic carbocycles. The molecule has 3 rings (SSSR count). The highest BCUT2D eigenvalue weighted by molar-refractivity contribution is 5.77. The average Bonchev–Trinajstić information content (AvgIpc) is 2.61. The summed E-state index contributed by atoms with van der Waals surface area (Å²) in [5, 5.41) is 2.90. The molecular formula is C18H25NO4.